The van der Waals surface area contributed by atoms with Gasteiger partial charge in [-0.3, -0.25) is 4.40 Å². The number of fused-ring (bicyclic) bond motifs is 1. The number of ether oxygens (including phenoxy) is 1. The van der Waals surface area contributed by atoms with Gasteiger partial charge in [0.05, 0.1) is 14.2 Å². The molecule has 0 aliphatic carbocycles. The highest BCUT2D eigenvalue weighted by Gasteiger charge is 2.11. The van der Waals surface area contributed by atoms with Crippen molar-refractivity contribution >= 4 is 11.6 Å². The van der Waals surface area contributed by atoms with Gasteiger partial charge in [0, 0.05) is 6.17 Å². The van der Waals surface area contributed by atoms with Crippen LogP contribution in [0.4, 0.5) is 0 Å². The lowest BCUT2D eigenvalue weighted by Gasteiger charge is -2.00. The molecule has 0 N–H and O–H groups in total. The van der Waals surface area contributed by atoms with E-state index < -0.39 is 5.97 Å². The average molecular weight is 191 g/mol. The number of carbonyl (C=O) groups is 1. The molecule has 14 heavy (non-hydrogen) atoms. The van der Waals surface area contributed by atoms with Crippen molar-refractivity contribution in [1.82, 2.24) is 9.38 Å². The summed E-state index contributed by atoms with van der Waals surface area (Å²) in [5, 5.41) is 0. The molecule has 2 heterocycles. The smallest absolute Gasteiger partial charge is 0.356 e. The first-order chi connectivity index (χ1) is 7.24. The predicted molar refractivity (Wildman–Crippen MR) is 51.1 cm³/mol. The molecule has 4 heteroatoms. The van der Waals surface area contributed by atoms with E-state index in [9.17, 15) is 4.79 Å². The maximum Gasteiger partial charge on any atom is 0.356 e. The first kappa shape index (κ1) is 7.55. The molecule has 4 nitrogen and oxygen atoms in total. The van der Waals surface area contributed by atoms with Crippen LogP contribution >= 0.6 is 0 Å². The highest BCUT2D eigenvalue weighted by molar-refractivity contribution is 5.88. The Bertz CT molecular complexity index is 507. The molecule has 0 fully saturated rings. The zero-order valence-electron chi connectivity index (χ0n) is 8.73. The molecule has 0 aliphatic heterocycles. The second-order valence-corrected chi connectivity index (χ2v) is 2.71. The van der Waals surface area contributed by atoms with Crippen LogP contribution in [0.5, 0.6) is 0 Å². The highest BCUT2D eigenvalue weighted by atomic mass is 16.5. The lowest BCUT2D eigenvalue weighted by Crippen LogP contribution is -2.07. The van der Waals surface area contributed by atoms with Crippen molar-refractivity contribution in [2.45, 2.75) is 6.92 Å². The van der Waals surface area contributed by atoms with Gasteiger partial charge in [-0.15, -0.1) is 0 Å². The van der Waals surface area contributed by atoms with Crippen molar-refractivity contribution in [2.75, 3.05) is 6.61 Å². The van der Waals surface area contributed by atoms with Crippen molar-refractivity contribution < 1.29 is 10.9 Å². The van der Waals surface area contributed by atoms with E-state index >= 15 is 0 Å². The van der Waals surface area contributed by atoms with Gasteiger partial charge in [0.1, 0.15) is 5.65 Å². The third-order valence-corrected chi connectivity index (χ3v) is 1.82. The molecule has 0 atom stereocenters. The van der Waals surface area contributed by atoms with E-state index in [1.54, 1.807) is 25.1 Å². The maximum atomic E-state index is 11.5. The molecule has 2 aromatic heterocycles. The first-order valence-corrected chi connectivity index (χ1v) is 4.34. The molecule has 0 spiro atoms. The summed E-state index contributed by atoms with van der Waals surface area (Å²) in [7, 11) is 0. The third-order valence-electron chi connectivity index (χ3n) is 1.82. The van der Waals surface area contributed by atoms with Crippen LogP contribution in [0.15, 0.2) is 30.6 Å². The fraction of sp³-hybridized carbons (Fsp3) is 0.200. The lowest BCUT2D eigenvalue weighted by molar-refractivity contribution is 0.0518. The summed E-state index contributed by atoms with van der Waals surface area (Å²) in [4.78, 5) is 15.5. The van der Waals surface area contributed by atoms with Gasteiger partial charge in [-0.25, -0.2) is 9.78 Å². The van der Waals surface area contributed by atoms with Crippen LogP contribution in [-0.4, -0.2) is 22.0 Å². The van der Waals surface area contributed by atoms with Crippen LogP contribution in [0.1, 0.15) is 18.8 Å². The summed E-state index contributed by atoms with van der Waals surface area (Å²) >= 11 is 0. The van der Waals surface area contributed by atoms with Gasteiger partial charge in [-0.1, -0.05) is 6.07 Å². The first-order valence-electron chi connectivity index (χ1n) is 4.84. The standard InChI is InChI=1S/C10H10N2O2/c1-2-14-10(13)8-7-11-9-5-3-4-6-12(8)9/h3-7H,2H2,1H3/i6D. The fourth-order valence-electron chi connectivity index (χ4n) is 1.22. The van der Waals surface area contributed by atoms with Crippen LogP contribution in [0.2, 0.25) is 0 Å². The molecular weight excluding hydrogens is 180 g/mol. The largest absolute Gasteiger partial charge is 0.461 e. The van der Waals surface area contributed by atoms with Gasteiger partial charge in [-0.2, -0.15) is 0 Å². The number of carbonyl (C=O) groups excluding carboxylic acids is 1. The molecular formula is C10H10N2O2. The Labute approximate surface area is 82.5 Å². The number of nitrogens with zero attached hydrogens (tertiary/aromatic N) is 2. The van der Waals surface area contributed by atoms with Crippen LogP contribution in [0.25, 0.3) is 5.65 Å². The Morgan fingerprint density at radius 1 is 1.71 bits per heavy atom. The summed E-state index contributed by atoms with van der Waals surface area (Å²) < 4.78 is 14.0. The average Bonchev–Trinajstić information content (AvgIpc) is 2.63. The molecule has 0 radical (unpaired) electrons. The fourth-order valence-corrected chi connectivity index (χ4v) is 1.22. The molecule has 0 saturated heterocycles. The Morgan fingerprint density at radius 2 is 2.57 bits per heavy atom. The minimum absolute atomic E-state index is 0.216. The number of pyridine rings is 1. The number of imidazole rings is 1. The molecule has 0 amide bonds. The molecule has 0 saturated carbocycles. The highest BCUT2D eigenvalue weighted by Crippen LogP contribution is 2.06. The number of rotatable bonds is 2. The SMILES string of the molecule is [2H]c1cccc2ncc(C(=O)OCC)n12. The van der Waals surface area contributed by atoms with E-state index in [0.717, 1.165) is 0 Å². The number of hydrogen-bond acceptors (Lipinski definition) is 3. The van der Waals surface area contributed by atoms with Crippen molar-refractivity contribution in [3.05, 3.63) is 36.3 Å². The van der Waals surface area contributed by atoms with Crippen molar-refractivity contribution in [2.24, 2.45) is 0 Å². The zero-order chi connectivity index (χ0) is 10.8. The Morgan fingerprint density at radius 3 is 3.36 bits per heavy atom. The quantitative estimate of drug-likeness (QED) is 0.676. The van der Waals surface area contributed by atoms with Crippen molar-refractivity contribution in [1.29, 1.82) is 0 Å². The Kier molecular flexibility index (Phi) is 1.88. The minimum atomic E-state index is -0.454. The minimum Gasteiger partial charge on any atom is -0.461 e. The second kappa shape index (κ2) is 3.49. The molecule has 2 aromatic rings. The van der Waals surface area contributed by atoms with E-state index in [1.165, 1.54) is 10.6 Å². The van der Waals surface area contributed by atoms with Crippen LogP contribution < -0.4 is 0 Å². The van der Waals surface area contributed by atoms with Gasteiger partial charge >= 0.3 is 5.97 Å². The Hall–Kier alpha value is -1.84. The van der Waals surface area contributed by atoms with Crippen molar-refractivity contribution in [3.63, 3.8) is 0 Å². The van der Waals surface area contributed by atoms with Gasteiger partial charge in [0.25, 0.3) is 0 Å². The van der Waals surface area contributed by atoms with E-state index in [-0.39, 0.29) is 11.9 Å². The van der Waals surface area contributed by atoms with E-state index in [2.05, 4.69) is 4.98 Å². The summed E-state index contributed by atoms with van der Waals surface area (Å²) in [5.74, 6) is -0.454. The van der Waals surface area contributed by atoms with E-state index in [1.807, 2.05) is 0 Å². The van der Waals surface area contributed by atoms with Crippen molar-refractivity contribution in [3.8, 4) is 0 Å². The Balaban J connectivity index is 2.57. The zero-order valence-corrected chi connectivity index (χ0v) is 7.73. The summed E-state index contributed by atoms with van der Waals surface area (Å²) in [5.41, 5.74) is 0.864. The molecule has 2 rings (SSSR count). The maximum absolute atomic E-state index is 11.5. The van der Waals surface area contributed by atoms with E-state index in [0.29, 0.717) is 12.3 Å². The van der Waals surface area contributed by atoms with Gasteiger partial charge in [0.15, 0.2) is 5.69 Å². The number of esters is 1. The summed E-state index contributed by atoms with van der Waals surface area (Å²) in [6.45, 7) is 2.05. The van der Waals surface area contributed by atoms with Crippen LogP contribution in [0, 0.1) is 0 Å². The lowest BCUT2D eigenvalue weighted by atomic mass is 10.4. The summed E-state index contributed by atoms with van der Waals surface area (Å²) in [6, 6.07) is 5.05. The molecule has 0 aliphatic rings. The van der Waals surface area contributed by atoms with Crippen LogP contribution in [0.3, 0.4) is 0 Å². The number of hydrogen-bond donors (Lipinski definition) is 0. The van der Waals surface area contributed by atoms with E-state index in [4.69, 9.17) is 6.11 Å². The van der Waals surface area contributed by atoms with Gasteiger partial charge < -0.3 is 4.74 Å². The summed E-state index contributed by atoms with van der Waals surface area (Å²) in [6.07, 6.45) is 1.64. The molecule has 0 aromatic carbocycles. The van der Waals surface area contributed by atoms with Gasteiger partial charge in [0.2, 0.25) is 0 Å². The topological polar surface area (TPSA) is 43.6 Å². The number of aromatic nitrogens is 2. The molecule has 0 bridgehead atoms. The van der Waals surface area contributed by atoms with Gasteiger partial charge in [-0.05, 0) is 19.1 Å². The molecule has 0 unspecified atom stereocenters. The van der Waals surface area contributed by atoms with Crippen LogP contribution in [-0.2, 0) is 4.74 Å². The molecule has 72 valence electrons. The second-order valence-electron chi connectivity index (χ2n) is 2.71. The monoisotopic (exact) mass is 191 g/mol. The normalized spacial score (nSPS) is 11.4. The predicted octanol–water partition coefficient (Wildman–Crippen LogP) is 1.51. The third kappa shape index (κ3) is 1.35.